The van der Waals surface area contributed by atoms with Gasteiger partial charge in [0.25, 0.3) is 0 Å². The minimum absolute atomic E-state index is 0.361. The number of ether oxygens (including phenoxy) is 1. The first-order valence-corrected chi connectivity index (χ1v) is 6.34. The predicted octanol–water partition coefficient (Wildman–Crippen LogP) is 2.03. The summed E-state index contributed by atoms with van der Waals surface area (Å²) >= 11 is 2.00. The van der Waals surface area contributed by atoms with E-state index < -0.39 is 0 Å². The zero-order chi connectivity index (χ0) is 9.52. The molecule has 0 radical (unpaired) electrons. The van der Waals surface area contributed by atoms with Gasteiger partial charge in [0, 0.05) is 17.9 Å². The number of unbranched alkanes of at least 4 members (excludes halogenated alkanes) is 2. The minimum atomic E-state index is 0.361. The maximum absolute atomic E-state index is 5.99. The zero-order valence-electron chi connectivity index (χ0n) is 8.50. The van der Waals surface area contributed by atoms with Crippen molar-refractivity contribution in [1.29, 1.82) is 0 Å². The van der Waals surface area contributed by atoms with Crippen molar-refractivity contribution in [3.8, 4) is 0 Å². The largest absolute Gasteiger partial charge is 0.380 e. The average molecular weight is 203 g/mol. The highest BCUT2D eigenvalue weighted by molar-refractivity contribution is 7.99. The number of nitrogens with two attached hydrogens (primary N) is 1. The summed E-state index contributed by atoms with van der Waals surface area (Å²) in [6.45, 7) is 3.95. The molecule has 0 bridgehead atoms. The lowest BCUT2D eigenvalue weighted by Crippen LogP contribution is -2.41. The topological polar surface area (TPSA) is 35.2 Å². The first-order valence-electron chi connectivity index (χ1n) is 5.29. The van der Waals surface area contributed by atoms with Crippen LogP contribution in [0.2, 0.25) is 0 Å². The second kappa shape index (κ2) is 6.68. The van der Waals surface area contributed by atoms with E-state index in [1.165, 1.54) is 25.0 Å². The Hall–Kier alpha value is 0.270. The van der Waals surface area contributed by atoms with Crippen molar-refractivity contribution in [1.82, 2.24) is 0 Å². The van der Waals surface area contributed by atoms with Gasteiger partial charge in [-0.05, 0) is 18.6 Å². The molecule has 1 aliphatic heterocycles. The average Bonchev–Trinajstić information content (AvgIpc) is 2.15. The molecule has 0 aliphatic carbocycles. The zero-order valence-corrected chi connectivity index (χ0v) is 9.31. The molecule has 0 amide bonds. The van der Waals surface area contributed by atoms with Gasteiger partial charge in [0.1, 0.15) is 0 Å². The van der Waals surface area contributed by atoms with Crippen LogP contribution in [0.25, 0.3) is 0 Å². The molecule has 0 aromatic heterocycles. The lowest BCUT2D eigenvalue weighted by molar-refractivity contribution is 0.0916. The van der Waals surface area contributed by atoms with Crippen molar-refractivity contribution < 1.29 is 4.74 Å². The molecule has 2 unspecified atom stereocenters. The Morgan fingerprint density at radius 1 is 1.46 bits per heavy atom. The summed E-state index contributed by atoms with van der Waals surface area (Å²) in [7, 11) is 0. The highest BCUT2D eigenvalue weighted by atomic mass is 32.2. The first-order chi connectivity index (χ1) is 6.34. The van der Waals surface area contributed by atoms with Crippen LogP contribution in [-0.4, -0.2) is 30.3 Å². The van der Waals surface area contributed by atoms with Crippen molar-refractivity contribution in [3.05, 3.63) is 0 Å². The van der Waals surface area contributed by atoms with Gasteiger partial charge in [-0.2, -0.15) is 11.8 Å². The highest BCUT2D eigenvalue weighted by Crippen LogP contribution is 2.21. The van der Waals surface area contributed by atoms with E-state index in [-0.39, 0.29) is 0 Å². The van der Waals surface area contributed by atoms with E-state index in [4.69, 9.17) is 10.5 Å². The van der Waals surface area contributed by atoms with Gasteiger partial charge in [0.15, 0.2) is 0 Å². The standard InChI is InChI=1S/C10H21NOS/c1-2-3-4-7-13-10-8-12-6-5-9(10)11/h9-10H,2-8,11H2,1H3. The minimum Gasteiger partial charge on any atom is -0.380 e. The first kappa shape index (κ1) is 11.3. The molecule has 0 aromatic carbocycles. The van der Waals surface area contributed by atoms with Crippen LogP contribution in [0.3, 0.4) is 0 Å². The van der Waals surface area contributed by atoms with Gasteiger partial charge < -0.3 is 10.5 Å². The smallest absolute Gasteiger partial charge is 0.0600 e. The quantitative estimate of drug-likeness (QED) is 0.694. The third-order valence-electron chi connectivity index (χ3n) is 2.43. The van der Waals surface area contributed by atoms with Gasteiger partial charge in [0.05, 0.1) is 6.61 Å². The Kier molecular flexibility index (Phi) is 5.83. The van der Waals surface area contributed by atoms with Crippen molar-refractivity contribution >= 4 is 11.8 Å². The molecule has 2 atom stereocenters. The fraction of sp³-hybridized carbons (Fsp3) is 1.00. The molecular formula is C10H21NOS. The Bertz CT molecular complexity index is 132. The Balaban J connectivity index is 2.05. The van der Waals surface area contributed by atoms with E-state index >= 15 is 0 Å². The molecule has 1 heterocycles. The van der Waals surface area contributed by atoms with Crippen LogP contribution in [0.15, 0.2) is 0 Å². The number of hydrogen-bond acceptors (Lipinski definition) is 3. The van der Waals surface area contributed by atoms with E-state index in [1.807, 2.05) is 11.8 Å². The summed E-state index contributed by atoms with van der Waals surface area (Å²) in [5, 5.41) is 0.547. The lowest BCUT2D eigenvalue weighted by Gasteiger charge is -2.28. The van der Waals surface area contributed by atoms with Gasteiger partial charge in [-0.1, -0.05) is 19.8 Å². The van der Waals surface area contributed by atoms with Crippen LogP contribution in [0.1, 0.15) is 32.6 Å². The summed E-state index contributed by atoms with van der Waals surface area (Å²) < 4.78 is 5.41. The maximum Gasteiger partial charge on any atom is 0.0600 e. The third kappa shape index (κ3) is 4.34. The number of hydrogen-bond donors (Lipinski definition) is 1. The fourth-order valence-electron chi connectivity index (χ4n) is 1.49. The summed E-state index contributed by atoms with van der Waals surface area (Å²) in [5.74, 6) is 1.25. The molecule has 3 heteroatoms. The van der Waals surface area contributed by atoms with Crippen molar-refractivity contribution in [2.45, 2.75) is 43.9 Å². The normalized spacial score (nSPS) is 29.1. The molecule has 0 saturated carbocycles. The van der Waals surface area contributed by atoms with Crippen molar-refractivity contribution in [3.63, 3.8) is 0 Å². The molecule has 2 N–H and O–H groups in total. The Morgan fingerprint density at radius 3 is 3.00 bits per heavy atom. The molecule has 78 valence electrons. The molecule has 2 nitrogen and oxygen atoms in total. The Morgan fingerprint density at radius 2 is 2.31 bits per heavy atom. The van der Waals surface area contributed by atoms with E-state index in [2.05, 4.69) is 6.92 Å². The van der Waals surface area contributed by atoms with Gasteiger partial charge in [-0.3, -0.25) is 0 Å². The summed E-state index contributed by atoms with van der Waals surface area (Å²) in [6.07, 6.45) is 5.00. The summed E-state index contributed by atoms with van der Waals surface area (Å²) in [6, 6.07) is 0.361. The van der Waals surface area contributed by atoms with Gasteiger partial charge >= 0.3 is 0 Å². The van der Waals surface area contributed by atoms with E-state index in [0.717, 1.165) is 19.6 Å². The number of rotatable bonds is 5. The SMILES string of the molecule is CCCCCSC1COCCC1N. The van der Waals surface area contributed by atoms with E-state index in [9.17, 15) is 0 Å². The lowest BCUT2D eigenvalue weighted by atomic mass is 10.1. The molecule has 1 rings (SSSR count). The molecule has 1 saturated heterocycles. The van der Waals surface area contributed by atoms with Gasteiger partial charge in [-0.15, -0.1) is 0 Å². The fourth-order valence-corrected chi connectivity index (χ4v) is 2.74. The maximum atomic E-state index is 5.99. The van der Waals surface area contributed by atoms with Crippen LogP contribution in [0.4, 0.5) is 0 Å². The van der Waals surface area contributed by atoms with Gasteiger partial charge in [0.2, 0.25) is 0 Å². The van der Waals surface area contributed by atoms with Crippen molar-refractivity contribution in [2.24, 2.45) is 5.73 Å². The van der Waals surface area contributed by atoms with E-state index in [1.54, 1.807) is 0 Å². The van der Waals surface area contributed by atoms with Crippen molar-refractivity contribution in [2.75, 3.05) is 19.0 Å². The Labute approximate surface area is 85.6 Å². The summed E-state index contributed by atoms with van der Waals surface area (Å²) in [4.78, 5) is 0. The monoisotopic (exact) mass is 203 g/mol. The van der Waals surface area contributed by atoms with Crippen LogP contribution < -0.4 is 5.73 Å². The molecule has 0 aromatic rings. The highest BCUT2D eigenvalue weighted by Gasteiger charge is 2.22. The molecular weight excluding hydrogens is 182 g/mol. The predicted molar refractivity (Wildman–Crippen MR) is 59.2 cm³/mol. The van der Waals surface area contributed by atoms with Crippen LogP contribution in [0.5, 0.6) is 0 Å². The second-order valence-electron chi connectivity index (χ2n) is 3.64. The molecule has 1 aliphatic rings. The molecule has 1 fully saturated rings. The molecule has 0 spiro atoms. The van der Waals surface area contributed by atoms with Crippen LogP contribution in [-0.2, 0) is 4.74 Å². The van der Waals surface area contributed by atoms with Crippen LogP contribution in [0, 0.1) is 0 Å². The van der Waals surface area contributed by atoms with E-state index in [0.29, 0.717) is 11.3 Å². The molecule has 13 heavy (non-hydrogen) atoms. The second-order valence-corrected chi connectivity index (χ2v) is 4.99. The van der Waals surface area contributed by atoms with Gasteiger partial charge in [-0.25, -0.2) is 0 Å². The van der Waals surface area contributed by atoms with Crippen LogP contribution >= 0.6 is 11.8 Å². The third-order valence-corrected chi connectivity index (χ3v) is 3.87. The summed E-state index contributed by atoms with van der Waals surface area (Å²) in [5.41, 5.74) is 5.99. The number of thioether (sulfide) groups is 1.